The molecule has 4 nitrogen and oxygen atoms in total. The minimum Gasteiger partial charge on any atom is -0.340 e. The molecule has 0 atom stereocenters. The van der Waals surface area contributed by atoms with E-state index in [0.29, 0.717) is 5.95 Å². The Bertz CT molecular complexity index is 834. The molecular formula is C20H22N4. The van der Waals surface area contributed by atoms with E-state index in [1.54, 1.807) is 0 Å². The van der Waals surface area contributed by atoms with Crippen LogP contribution in [0, 0.1) is 27.7 Å². The van der Waals surface area contributed by atoms with Gasteiger partial charge in [0.1, 0.15) is 5.82 Å². The predicted molar refractivity (Wildman–Crippen MR) is 100 cm³/mol. The summed E-state index contributed by atoms with van der Waals surface area (Å²) >= 11 is 0. The molecule has 0 bridgehead atoms. The zero-order valence-corrected chi connectivity index (χ0v) is 14.5. The summed E-state index contributed by atoms with van der Waals surface area (Å²) in [5, 5.41) is 6.69. The molecule has 0 unspecified atom stereocenters. The van der Waals surface area contributed by atoms with E-state index in [0.717, 1.165) is 22.9 Å². The van der Waals surface area contributed by atoms with E-state index in [4.69, 9.17) is 0 Å². The van der Waals surface area contributed by atoms with Crippen LogP contribution in [0.15, 0.2) is 48.5 Å². The van der Waals surface area contributed by atoms with Gasteiger partial charge in [-0.2, -0.15) is 4.98 Å². The molecule has 1 heterocycles. The van der Waals surface area contributed by atoms with Crippen molar-refractivity contribution in [3.05, 3.63) is 70.9 Å². The van der Waals surface area contributed by atoms with E-state index < -0.39 is 0 Å². The molecule has 0 aliphatic carbocycles. The monoisotopic (exact) mass is 318 g/mol. The highest BCUT2D eigenvalue weighted by Crippen LogP contribution is 2.25. The van der Waals surface area contributed by atoms with Gasteiger partial charge in [-0.1, -0.05) is 35.9 Å². The Labute approximate surface area is 143 Å². The lowest BCUT2D eigenvalue weighted by molar-refractivity contribution is 1.10. The van der Waals surface area contributed by atoms with Gasteiger partial charge in [0.25, 0.3) is 0 Å². The number of para-hydroxylation sites is 1. The summed E-state index contributed by atoms with van der Waals surface area (Å²) in [7, 11) is 0. The lowest BCUT2D eigenvalue weighted by Gasteiger charge is -2.14. The molecule has 2 aromatic carbocycles. The molecule has 0 aliphatic heterocycles. The smallest absolute Gasteiger partial charge is 0.229 e. The Morgan fingerprint density at radius 2 is 1.42 bits per heavy atom. The van der Waals surface area contributed by atoms with Crippen molar-refractivity contribution >= 4 is 23.1 Å². The third-order valence-corrected chi connectivity index (χ3v) is 3.81. The van der Waals surface area contributed by atoms with Gasteiger partial charge >= 0.3 is 0 Å². The molecule has 2 N–H and O–H groups in total. The minimum atomic E-state index is 0.600. The molecule has 4 heteroatoms. The molecule has 0 fully saturated rings. The molecule has 0 aliphatic rings. The Balaban J connectivity index is 1.89. The van der Waals surface area contributed by atoms with E-state index in [1.165, 1.54) is 16.7 Å². The normalized spacial score (nSPS) is 10.5. The maximum absolute atomic E-state index is 4.60. The van der Waals surface area contributed by atoms with E-state index in [9.17, 15) is 0 Å². The molecule has 0 spiro atoms. The number of hydrogen-bond donors (Lipinski definition) is 2. The van der Waals surface area contributed by atoms with Gasteiger partial charge in [-0.15, -0.1) is 0 Å². The first kappa shape index (κ1) is 16.0. The van der Waals surface area contributed by atoms with Crippen LogP contribution >= 0.6 is 0 Å². The molecule has 0 radical (unpaired) electrons. The van der Waals surface area contributed by atoms with Crippen LogP contribution in [0.5, 0.6) is 0 Å². The maximum atomic E-state index is 4.60. The summed E-state index contributed by atoms with van der Waals surface area (Å²) < 4.78 is 0. The Hall–Kier alpha value is -2.88. The third kappa shape index (κ3) is 3.71. The second-order valence-electron chi connectivity index (χ2n) is 6.11. The number of anilines is 4. The fourth-order valence-corrected chi connectivity index (χ4v) is 2.85. The number of aryl methyl sites for hydroxylation is 4. The standard InChI is InChI=1S/C20H22N4/c1-13-10-14(2)19(15(3)11-13)24-20-21-16(4)12-18(23-20)22-17-8-6-5-7-9-17/h5-12H,1-4H3,(H2,21,22,23,24). The number of nitrogens with one attached hydrogen (secondary N) is 2. The number of hydrogen-bond acceptors (Lipinski definition) is 4. The van der Waals surface area contributed by atoms with Crippen LogP contribution in [0.25, 0.3) is 0 Å². The number of rotatable bonds is 4. The van der Waals surface area contributed by atoms with Crippen LogP contribution in [0.4, 0.5) is 23.1 Å². The summed E-state index contributed by atoms with van der Waals surface area (Å²) in [5.74, 6) is 1.38. The van der Waals surface area contributed by atoms with Crippen LogP contribution in [0.1, 0.15) is 22.4 Å². The predicted octanol–water partition coefficient (Wildman–Crippen LogP) is 5.20. The van der Waals surface area contributed by atoms with Crippen LogP contribution < -0.4 is 10.6 Å². The van der Waals surface area contributed by atoms with Crippen molar-refractivity contribution in [3.63, 3.8) is 0 Å². The van der Waals surface area contributed by atoms with E-state index >= 15 is 0 Å². The Kier molecular flexibility index (Phi) is 4.47. The second kappa shape index (κ2) is 6.71. The minimum absolute atomic E-state index is 0.600. The van der Waals surface area contributed by atoms with Gasteiger partial charge in [-0.25, -0.2) is 4.98 Å². The highest BCUT2D eigenvalue weighted by atomic mass is 15.1. The van der Waals surface area contributed by atoms with Crippen molar-refractivity contribution in [3.8, 4) is 0 Å². The lowest BCUT2D eigenvalue weighted by atomic mass is 10.1. The van der Waals surface area contributed by atoms with Gasteiger partial charge in [-0.3, -0.25) is 0 Å². The SMILES string of the molecule is Cc1cc(C)c(Nc2nc(C)cc(Nc3ccccc3)n2)c(C)c1. The van der Waals surface area contributed by atoms with Crippen molar-refractivity contribution in [2.45, 2.75) is 27.7 Å². The third-order valence-electron chi connectivity index (χ3n) is 3.81. The fourth-order valence-electron chi connectivity index (χ4n) is 2.85. The number of benzene rings is 2. The van der Waals surface area contributed by atoms with Crippen molar-refractivity contribution in [1.82, 2.24) is 9.97 Å². The van der Waals surface area contributed by atoms with Crippen LogP contribution in [-0.2, 0) is 0 Å². The first-order valence-electron chi connectivity index (χ1n) is 8.04. The Morgan fingerprint density at radius 3 is 2.08 bits per heavy atom. The van der Waals surface area contributed by atoms with Crippen LogP contribution in [0.3, 0.4) is 0 Å². The van der Waals surface area contributed by atoms with Gasteiger partial charge in [0.15, 0.2) is 0 Å². The van der Waals surface area contributed by atoms with Gasteiger partial charge in [-0.05, 0) is 51.0 Å². The molecular weight excluding hydrogens is 296 g/mol. The molecule has 0 amide bonds. The highest BCUT2D eigenvalue weighted by molar-refractivity contribution is 5.65. The summed E-state index contributed by atoms with van der Waals surface area (Å²) in [4.78, 5) is 9.11. The molecule has 0 saturated heterocycles. The van der Waals surface area contributed by atoms with Crippen molar-refractivity contribution in [2.24, 2.45) is 0 Å². The van der Waals surface area contributed by atoms with E-state index in [2.05, 4.69) is 53.5 Å². The van der Waals surface area contributed by atoms with E-state index in [1.807, 2.05) is 43.3 Å². The summed E-state index contributed by atoms with van der Waals surface area (Å²) in [5.41, 5.74) is 6.62. The van der Waals surface area contributed by atoms with Crippen molar-refractivity contribution in [2.75, 3.05) is 10.6 Å². The summed E-state index contributed by atoms with van der Waals surface area (Å²) in [6.45, 7) is 8.27. The summed E-state index contributed by atoms with van der Waals surface area (Å²) in [6.07, 6.45) is 0. The van der Waals surface area contributed by atoms with Gasteiger partial charge in [0, 0.05) is 23.1 Å². The quantitative estimate of drug-likeness (QED) is 0.694. The average molecular weight is 318 g/mol. The van der Waals surface area contributed by atoms with Gasteiger partial charge in [0.2, 0.25) is 5.95 Å². The summed E-state index contributed by atoms with van der Waals surface area (Å²) in [6, 6.07) is 16.3. The lowest BCUT2D eigenvalue weighted by Crippen LogP contribution is -2.04. The zero-order chi connectivity index (χ0) is 17.1. The topological polar surface area (TPSA) is 49.8 Å². The highest BCUT2D eigenvalue weighted by Gasteiger charge is 2.08. The second-order valence-corrected chi connectivity index (χ2v) is 6.11. The first-order chi connectivity index (χ1) is 11.5. The fraction of sp³-hybridized carbons (Fsp3) is 0.200. The van der Waals surface area contributed by atoms with Gasteiger partial charge < -0.3 is 10.6 Å². The molecule has 3 aromatic rings. The Morgan fingerprint density at radius 1 is 0.750 bits per heavy atom. The largest absolute Gasteiger partial charge is 0.340 e. The molecule has 0 saturated carbocycles. The first-order valence-corrected chi connectivity index (χ1v) is 8.04. The van der Waals surface area contributed by atoms with E-state index in [-0.39, 0.29) is 0 Å². The van der Waals surface area contributed by atoms with Crippen LogP contribution in [0.2, 0.25) is 0 Å². The average Bonchev–Trinajstić information content (AvgIpc) is 2.51. The molecule has 3 rings (SSSR count). The number of nitrogens with zero attached hydrogens (tertiary/aromatic N) is 2. The molecule has 122 valence electrons. The van der Waals surface area contributed by atoms with Crippen molar-refractivity contribution in [1.29, 1.82) is 0 Å². The maximum Gasteiger partial charge on any atom is 0.229 e. The molecule has 24 heavy (non-hydrogen) atoms. The van der Waals surface area contributed by atoms with Crippen LogP contribution in [-0.4, -0.2) is 9.97 Å². The van der Waals surface area contributed by atoms with Crippen molar-refractivity contribution < 1.29 is 0 Å². The number of aromatic nitrogens is 2. The van der Waals surface area contributed by atoms with Gasteiger partial charge in [0.05, 0.1) is 0 Å². The zero-order valence-electron chi connectivity index (χ0n) is 14.5. The molecule has 1 aromatic heterocycles.